The quantitative estimate of drug-likeness (QED) is 0.774. The second kappa shape index (κ2) is 7.22. The van der Waals surface area contributed by atoms with Crippen molar-refractivity contribution in [2.24, 2.45) is 0 Å². The predicted octanol–water partition coefficient (Wildman–Crippen LogP) is 1.60. The molecule has 0 atom stereocenters. The van der Waals surface area contributed by atoms with Crippen molar-refractivity contribution in [2.75, 3.05) is 19.1 Å². The van der Waals surface area contributed by atoms with Crippen molar-refractivity contribution in [3.8, 4) is 0 Å². The van der Waals surface area contributed by atoms with E-state index in [-0.39, 0.29) is 12.4 Å². The van der Waals surface area contributed by atoms with Crippen LogP contribution in [0.2, 0.25) is 0 Å². The minimum atomic E-state index is -0.648. The van der Waals surface area contributed by atoms with Crippen LogP contribution in [-0.2, 0) is 15.9 Å². The number of nitrogens with one attached hydrogen (secondary N) is 2. The van der Waals surface area contributed by atoms with Crippen molar-refractivity contribution in [3.05, 3.63) is 35.9 Å². The summed E-state index contributed by atoms with van der Waals surface area (Å²) in [5.74, 6) is -0.265. The predicted molar refractivity (Wildman–Crippen MR) is 73.8 cm³/mol. The highest BCUT2D eigenvalue weighted by molar-refractivity contribution is 5.88. The summed E-state index contributed by atoms with van der Waals surface area (Å²) in [6, 6.07) is 3.44. The fourth-order valence-electron chi connectivity index (χ4n) is 1.59. The number of ether oxygens (including phenoxy) is 2. The Morgan fingerprint density at radius 3 is 2.60 bits per heavy atom. The number of aromatic nitrogens is 1. The number of amides is 1. The molecule has 1 heterocycles. The van der Waals surface area contributed by atoms with Crippen LogP contribution in [0.1, 0.15) is 30.0 Å². The van der Waals surface area contributed by atoms with E-state index < -0.39 is 12.1 Å². The molecule has 0 unspecified atom stereocenters. The Hall–Kier alpha value is -2.44. The lowest BCUT2D eigenvalue weighted by Crippen LogP contribution is -2.32. The summed E-state index contributed by atoms with van der Waals surface area (Å²) in [7, 11) is 1.25. The van der Waals surface area contributed by atoms with Crippen molar-refractivity contribution in [1.82, 2.24) is 9.99 Å². The van der Waals surface area contributed by atoms with Crippen LogP contribution in [0.15, 0.2) is 24.5 Å². The maximum atomic E-state index is 11.8. The van der Waals surface area contributed by atoms with Gasteiger partial charge in [-0.3, -0.25) is 15.4 Å². The number of hydrogen-bond donors (Lipinski definition) is 2. The van der Waals surface area contributed by atoms with Crippen molar-refractivity contribution in [3.63, 3.8) is 0 Å². The highest BCUT2D eigenvalue weighted by atomic mass is 16.5. The summed E-state index contributed by atoms with van der Waals surface area (Å²) in [5.41, 5.74) is 4.00. The fourth-order valence-corrected chi connectivity index (χ4v) is 1.59. The molecule has 0 spiro atoms. The molecule has 0 aliphatic heterocycles. The molecule has 7 nitrogen and oxygen atoms in total. The molecule has 1 aromatic rings. The van der Waals surface area contributed by atoms with Gasteiger partial charge in [0.2, 0.25) is 0 Å². The molecule has 0 fully saturated rings. The van der Waals surface area contributed by atoms with Crippen LogP contribution in [0.25, 0.3) is 0 Å². The molecule has 2 N–H and O–H groups in total. The van der Waals surface area contributed by atoms with Crippen molar-refractivity contribution >= 4 is 12.1 Å². The largest absolute Gasteiger partial charge is 0.461 e. The first-order chi connectivity index (χ1) is 9.53. The summed E-state index contributed by atoms with van der Waals surface area (Å²) in [5, 5.41) is 2.38. The summed E-state index contributed by atoms with van der Waals surface area (Å²) >= 11 is 0. The zero-order chi connectivity index (χ0) is 15.1. The minimum Gasteiger partial charge on any atom is -0.461 e. The number of rotatable bonds is 6. The Balaban J connectivity index is 2.91. The minimum absolute atomic E-state index is 0.188. The maximum Gasteiger partial charge on any atom is 0.412 e. The first kappa shape index (κ1) is 15.6. The van der Waals surface area contributed by atoms with Gasteiger partial charge in [0, 0.05) is 5.69 Å². The third kappa shape index (κ3) is 3.78. The van der Waals surface area contributed by atoms with Gasteiger partial charge in [-0.2, -0.15) is 0 Å². The van der Waals surface area contributed by atoms with Crippen molar-refractivity contribution in [1.29, 1.82) is 0 Å². The van der Waals surface area contributed by atoms with E-state index in [1.807, 2.05) is 6.92 Å². The van der Waals surface area contributed by atoms with Gasteiger partial charge in [0.15, 0.2) is 0 Å². The van der Waals surface area contributed by atoms with Gasteiger partial charge in [-0.05, 0) is 25.5 Å². The standard InChI is InChI=1S/C13H19N3O4/c1-5-10-7-8-11(12(17)20-6-2)16(10)15-9(3)14-13(18)19-4/h7-8,15H,3,5-6H2,1-2,4H3,(H,14,18). The molecular formula is C13H19N3O4. The summed E-state index contributed by atoms with van der Waals surface area (Å²) < 4.78 is 11.0. The Kier molecular flexibility index (Phi) is 5.64. The molecule has 1 aromatic heterocycles. The van der Waals surface area contributed by atoms with Crippen molar-refractivity contribution < 1.29 is 19.1 Å². The number of esters is 1. The van der Waals surface area contributed by atoms with E-state index in [9.17, 15) is 9.59 Å². The zero-order valence-electron chi connectivity index (χ0n) is 11.9. The first-order valence-corrected chi connectivity index (χ1v) is 6.22. The lowest BCUT2D eigenvalue weighted by Gasteiger charge is -2.16. The number of carbonyl (C=O) groups excluding carboxylic acids is 2. The van der Waals surface area contributed by atoms with Gasteiger partial charge in [0.05, 0.1) is 13.7 Å². The van der Waals surface area contributed by atoms with Gasteiger partial charge >= 0.3 is 12.1 Å². The summed E-state index contributed by atoms with van der Waals surface area (Å²) in [6.45, 7) is 7.60. The first-order valence-electron chi connectivity index (χ1n) is 6.22. The molecule has 0 bridgehead atoms. The number of carbonyl (C=O) groups is 2. The van der Waals surface area contributed by atoms with Crippen LogP contribution in [0, 0.1) is 0 Å². The van der Waals surface area contributed by atoms with Crippen LogP contribution in [0.3, 0.4) is 0 Å². The lowest BCUT2D eigenvalue weighted by atomic mass is 10.3. The third-order valence-electron chi connectivity index (χ3n) is 2.49. The molecule has 0 aromatic carbocycles. The average molecular weight is 281 g/mol. The third-order valence-corrected chi connectivity index (χ3v) is 2.49. The van der Waals surface area contributed by atoms with Crippen LogP contribution < -0.4 is 10.7 Å². The molecule has 7 heteroatoms. The highest BCUT2D eigenvalue weighted by Gasteiger charge is 2.16. The Bertz CT molecular complexity index is 508. The number of alkyl carbamates (subject to hydrolysis) is 1. The molecule has 20 heavy (non-hydrogen) atoms. The molecule has 0 radical (unpaired) electrons. The molecule has 0 saturated heterocycles. The van der Waals surface area contributed by atoms with E-state index in [1.165, 1.54) is 11.8 Å². The fraction of sp³-hybridized carbons (Fsp3) is 0.385. The van der Waals surface area contributed by atoms with E-state index >= 15 is 0 Å². The van der Waals surface area contributed by atoms with E-state index in [2.05, 4.69) is 22.1 Å². The Labute approximate surface area is 117 Å². The molecule has 110 valence electrons. The van der Waals surface area contributed by atoms with Crippen LogP contribution in [-0.4, -0.2) is 30.5 Å². The molecule has 1 amide bonds. The molecular weight excluding hydrogens is 262 g/mol. The smallest absolute Gasteiger partial charge is 0.412 e. The molecule has 0 aliphatic rings. The number of aryl methyl sites for hydroxylation is 1. The SMILES string of the molecule is C=C(NC(=O)OC)Nn1c(CC)ccc1C(=O)OCC. The maximum absolute atomic E-state index is 11.8. The molecule has 1 rings (SSSR count). The van der Waals surface area contributed by atoms with Gasteiger partial charge in [-0.25, -0.2) is 9.59 Å². The molecule has 0 aliphatic carbocycles. The molecule has 0 saturated carbocycles. The van der Waals surface area contributed by atoms with E-state index in [1.54, 1.807) is 19.1 Å². The average Bonchev–Trinajstić information content (AvgIpc) is 2.81. The van der Waals surface area contributed by atoms with Crippen LogP contribution in [0.5, 0.6) is 0 Å². The van der Waals surface area contributed by atoms with E-state index in [4.69, 9.17) is 4.74 Å². The Morgan fingerprint density at radius 2 is 2.05 bits per heavy atom. The van der Waals surface area contributed by atoms with Crippen LogP contribution in [0.4, 0.5) is 4.79 Å². The van der Waals surface area contributed by atoms with E-state index in [0.29, 0.717) is 12.1 Å². The van der Waals surface area contributed by atoms with Gasteiger partial charge in [0.1, 0.15) is 11.5 Å². The number of nitrogens with zero attached hydrogens (tertiary/aromatic N) is 1. The lowest BCUT2D eigenvalue weighted by molar-refractivity contribution is 0.0515. The van der Waals surface area contributed by atoms with Crippen molar-refractivity contribution in [2.45, 2.75) is 20.3 Å². The van der Waals surface area contributed by atoms with Gasteiger partial charge in [-0.15, -0.1) is 0 Å². The van der Waals surface area contributed by atoms with Gasteiger partial charge in [0.25, 0.3) is 0 Å². The summed E-state index contributed by atoms with van der Waals surface area (Å²) in [6.07, 6.45) is 0.0446. The zero-order valence-corrected chi connectivity index (χ0v) is 11.9. The monoisotopic (exact) mass is 281 g/mol. The number of methoxy groups -OCH3 is 1. The summed E-state index contributed by atoms with van der Waals surface area (Å²) in [4.78, 5) is 22.9. The topological polar surface area (TPSA) is 81.6 Å². The number of hydrogen-bond acceptors (Lipinski definition) is 5. The van der Waals surface area contributed by atoms with Gasteiger partial charge < -0.3 is 9.47 Å². The van der Waals surface area contributed by atoms with Crippen LogP contribution >= 0.6 is 0 Å². The normalized spacial score (nSPS) is 9.75. The second-order valence-electron chi connectivity index (χ2n) is 3.83. The highest BCUT2D eigenvalue weighted by Crippen LogP contribution is 2.10. The van der Waals surface area contributed by atoms with Gasteiger partial charge in [-0.1, -0.05) is 13.5 Å². The Morgan fingerprint density at radius 1 is 1.35 bits per heavy atom. The second-order valence-corrected chi connectivity index (χ2v) is 3.83. The van der Waals surface area contributed by atoms with E-state index in [0.717, 1.165) is 5.69 Å².